The summed E-state index contributed by atoms with van der Waals surface area (Å²) in [5.74, 6) is 4.47. The predicted octanol–water partition coefficient (Wildman–Crippen LogP) is -1.06. The van der Waals surface area contributed by atoms with Gasteiger partial charge in [0.2, 0.25) is 5.16 Å². The van der Waals surface area contributed by atoms with Crippen molar-refractivity contribution >= 4 is 63.5 Å². The molecule has 0 saturated carbocycles. The molecule has 8 N–H and O–H groups in total. The van der Waals surface area contributed by atoms with Crippen molar-refractivity contribution in [3.05, 3.63) is 28.2 Å². The quantitative estimate of drug-likeness (QED) is 0.0544. The van der Waals surface area contributed by atoms with E-state index in [-0.39, 0.29) is 34.6 Å². The van der Waals surface area contributed by atoms with Crippen LogP contribution in [-0.4, -0.2) is 89.4 Å². The SMILES string of the molecule is Cc1nnc(SCC2=C(C(=O)O)N3C(=O)C(NC(=O)/C(=N\OCCCN)c4csc(N)n4)[C@H]3SC2)n1N. The van der Waals surface area contributed by atoms with Crippen molar-refractivity contribution in [2.75, 3.05) is 36.2 Å². The molecular formula is C19H24N10O5S3. The van der Waals surface area contributed by atoms with E-state index in [1.54, 1.807) is 12.3 Å². The summed E-state index contributed by atoms with van der Waals surface area (Å²) >= 11 is 3.68. The Hall–Kier alpha value is -3.35. The molecule has 2 aliphatic rings. The molecule has 198 valence electrons. The summed E-state index contributed by atoms with van der Waals surface area (Å²) in [7, 11) is 0. The number of aryl methyl sites for hydroxylation is 1. The van der Waals surface area contributed by atoms with E-state index in [0.717, 1.165) is 11.3 Å². The third kappa shape index (κ3) is 5.50. The maximum atomic E-state index is 13.1. The van der Waals surface area contributed by atoms with E-state index < -0.39 is 29.2 Å². The number of nitrogens with two attached hydrogens (primary N) is 3. The molecule has 1 saturated heterocycles. The number of carboxylic acids is 1. The van der Waals surface area contributed by atoms with Gasteiger partial charge in [0.1, 0.15) is 35.2 Å². The number of β-lactam (4-membered cyclic amide) rings is 1. The van der Waals surface area contributed by atoms with Gasteiger partial charge in [0.15, 0.2) is 10.8 Å². The number of fused-ring (bicyclic) bond motifs is 1. The number of oxime groups is 1. The summed E-state index contributed by atoms with van der Waals surface area (Å²) < 4.78 is 1.31. The predicted molar refractivity (Wildman–Crippen MR) is 138 cm³/mol. The Morgan fingerprint density at radius 2 is 2.19 bits per heavy atom. The summed E-state index contributed by atoms with van der Waals surface area (Å²) in [6.45, 7) is 2.27. The molecule has 1 unspecified atom stereocenters. The van der Waals surface area contributed by atoms with Gasteiger partial charge in [0, 0.05) is 16.9 Å². The number of hydrogen-bond donors (Lipinski definition) is 5. The van der Waals surface area contributed by atoms with Crippen molar-refractivity contribution in [3.8, 4) is 0 Å². The minimum absolute atomic E-state index is 0.113. The number of amides is 2. The number of carbonyl (C=O) groups is 3. The van der Waals surface area contributed by atoms with Crippen LogP contribution in [0.5, 0.6) is 0 Å². The standard InChI is InChI=1S/C19H24N10O5S3/c1-8-25-26-19(29(8)22)37-6-9-5-35-16-12(15(31)28(16)13(9)17(32)33)24-14(30)11(27-34-4-2-3-20)10-7-36-18(21)23-10/h7,12,16H,2-6,20,22H2,1H3,(H2,21,23)(H,24,30)(H,32,33)/b27-11-/t12?,16-/m1/s1. The number of nitrogens with zero attached hydrogens (tertiary/aromatic N) is 6. The van der Waals surface area contributed by atoms with Crippen molar-refractivity contribution in [2.24, 2.45) is 10.9 Å². The second-order valence-corrected chi connectivity index (χ2v) is 10.7. The van der Waals surface area contributed by atoms with Gasteiger partial charge >= 0.3 is 5.97 Å². The number of rotatable bonds is 11. The van der Waals surface area contributed by atoms with Gasteiger partial charge in [-0.1, -0.05) is 16.9 Å². The fourth-order valence-electron chi connectivity index (χ4n) is 3.46. The molecule has 2 amide bonds. The number of aliphatic carboxylic acids is 1. The van der Waals surface area contributed by atoms with E-state index in [2.05, 4.69) is 25.7 Å². The largest absolute Gasteiger partial charge is 0.477 e. The molecule has 0 aromatic carbocycles. The lowest BCUT2D eigenvalue weighted by atomic mass is 10.0. The van der Waals surface area contributed by atoms with Gasteiger partial charge in [0.05, 0.1) is 0 Å². The minimum Gasteiger partial charge on any atom is -0.477 e. The first kappa shape index (κ1) is 26.7. The average molecular weight is 569 g/mol. The van der Waals surface area contributed by atoms with E-state index >= 15 is 0 Å². The first-order chi connectivity index (χ1) is 17.7. The highest BCUT2D eigenvalue weighted by Gasteiger charge is 2.54. The van der Waals surface area contributed by atoms with E-state index in [1.807, 2.05) is 0 Å². The normalized spacial score (nSPS) is 19.5. The molecule has 0 bridgehead atoms. The Balaban J connectivity index is 1.48. The van der Waals surface area contributed by atoms with Crippen molar-refractivity contribution in [1.29, 1.82) is 0 Å². The van der Waals surface area contributed by atoms with Crippen LogP contribution in [0, 0.1) is 6.92 Å². The summed E-state index contributed by atoms with van der Waals surface area (Å²) in [6, 6.07) is -0.957. The van der Waals surface area contributed by atoms with Crippen molar-refractivity contribution < 1.29 is 24.3 Å². The van der Waals surface area contributed by atoms with Crippen LogP contribution in [-0.2, 0) is 19.2 Å². The Morgan fingerprint density at radius 1 is 1.41 bits per heavy atom. The number of thioether (sulfide) groups is 2. The van der Waals surface area contributed by atoms with Crippen LogP contribution in [0.15, 0.2) is 27.0 Å². The zero-order chi connectivity index (χ0) is 26.7. The van der Waals surface area contributed by atoms with Gasteiger partial charge in [0.25, 0.3) is 11.8 Å². The zero-order valence-corrected chi connectivity index (χ0v) is 21.9. The third-order valence-corrected chi connectivity index (χ3v) is 8.36. The molecule has 18 heteroatoms. The molecule has 2 aliphatic heterocycles. The minimum atomic E-state index is -1.24. The van der Waals surface area contributed by atoms with E-state index in [4.69, 9.17) is 22.1 Å². The van der Waals surface area contributed by atoms with Crippen LogP contribution in [0.2, 0.25) is 0 Å². The van der Waals surface area contributed by atoms with Crippen LogP contribution in [0.4, 0.5) is 5.13 Å². The Labute approximate surface area is 222 Å². The Bertz CT molecular complexity index is 1270. The molecule has 0 aliphatic carbocycles. The lowest BCUT2D eigenvalue weighted by Crippen LogP contribution is -2.71. The first-order valence-electron chi connectivity index (χ1n) is 10.8. The number of nitrogens with one attached hydrogen (secondary N) is 1. The molecule has 1 fully saturated rings. The van der Waals surface area contributed by atoms with Crippen LogP contribution < -0.4 is 22.6 Å². The maximum Gasteiger partial charge on any atom is 0.352 e. The second kappa shape index (κ2) is 11.4. The average Bonchev–Trinajstić information content (AvgIpc) is 3.44. The molecule has 0 spiro atoms. The number of aromatic nitrogens is 4. The molecule has 2 atom stereocenters. The van der Waals surface area contributed by atoms with Crippen LogP contribution in [0.25, 0.3) is 0 Å². The smallest absolute Gasteiger partial charge is 0.352 e. The summed E-state index contributed by atoms with van der Waals surface area (Å²) in [6.07, 6.45) is 0.528. The van der Waals surface area contributed by atoms with Crippen molar-refractivity contribution in [1.82, 2.24) is 30.1 Å². The summed E-state index contributed by atoms with van der Waals surface area (Å²) in [5, 5.41) is 25.8. The molecular weight excluding hydrogens is 544 g/mol. The summed E-state index contributed by atoms with van der Waals surface area (Å²) in [4.78, 5) is 48.6. The topological polar surface area (TPSA) is 230 Å². The van der Waals surface area contributed by atoms with Gasteiger partial charge in [-0.05, 0) is 25.5 Å². The van der Waals surface area contributed by atoms with Gasteiger partial charge in [-0.3, -0.25) is 14.5 Å². The lowest BCUT2D eigenvalue weighted by molar-refractivity contribution is -0.150. The first-order valence-corrected chi connectivity index (χ1v) is 13.8. The van der Waals surface area contributed by atoms with Crippen LogP contribution in [0.1, 0.15) is 17.9 Å². The van der Waals surface area contributed by atoms with E-state index in [1.165, 1.54) is 33.1 Å². The third-order valence-electron chi connectivity index (χ3n) is 5.32. The van der Waals surface area contributed by atoms with Gasteiger partial charge in [-0.2, -0.15) is 0 Å². The van der Waals surface area contributed by atoms with E-state index in [9.17, 15) is 19.5 Å². The Morgan fingerprint density at radius 3 is 2.81 bits per heavy atom. The highest BCUT2D eigenvalue weighted by molar-refractivity contribution is 8.01. The number of carbonyl (C=O) groups excluding carboxylic acids is 2. The second-order valence-electron chi connectivity index (χ2n) is 7.79. The van der Waals surface area contributed by atoms with Crippen molar-refractivity contribution in [3.63, 3.8) is 0 Å². The number of carboxylic acid groups (broad SMARTS) is 1. The highest BCUT2D eigenvalue weighted by Crippen LogP contribution is 2.41. The van der Waals surface area contributed by atoms with Gasteiger partial charge in [-0.15, -0.1) is 33.3 Å². The Kier molecular flexibility index (Phi) is 8.20. The summed E-state index contributed by atoms with van der Waals surface area (Å²) in [5.41, 5.74) is 11.6. The van der Waals surface area contributed by atoms with Crippen molar-refractivity contribution in [2.45, 2.75) is 29.9 Å². The van der Waals surface area contributed by atoms with Crippen LogP contribution >= 0.6 is 34.9 Å². The molecule has 37 heavy (non-hydrogen) atoms. The number of hydrogen-bond acceptors (Lipinski definition) is 14. The molecule has 4 rings (SSSR count). The lowest BCUT2D eigenvalue weighted by Gasteiger charge is -2.49. The van der Waals surface area contributed by atoms with E-state index in [0.29, 0.717) is 35.3 Å². The zero-order valence-electron chi connectivity index (χ0n) is 19.5. The molecule has 4 heterocycles. The van der Waals surface area contributed by atoms with Gasteiger partial charge < -0.3 is 32.6 Å². The monoisotopic (exact) mass is 568 g/mol. The number of nitrogen functional groups attached to an aromatic ring is 2. The van der Waals surface area contributed by atoms with Crippen LogP contribution in [0.3, 0.4) is 0 Å². The number of thiazole rings is 1. The number of anilines is 1. The molecule has 0 radical (unpaired) electrons. The molecule has 2 aromatic rings. The molecule has 15 nitrogen and oxygen atoms in total. The van der Waals surface area contributed by atoms with Gasteiger partial charge in [-0.25, -0.2) is 14.5 Å². The fourth-order valence-corrected chi connectivity index (χ4v) is 6.40. The maximum absolute atomic E-state index is 13.1. The highest BCUT2D eigenvalue weighted by atomic mass is 32.2. The fraction of sp³-hybridized carbons (Fsp3) is 0.421. The molecule has 2 aromatic heterocycles.